The molecule has 156 valence electrons. The molecule has 29 heavy (non-hydrogen) atoms. The van der Waals surface area contributed by atoms with E-state index in [1.54, 1.807) is 0 Å². The van der Waals surface area contributed by atoms with Gasteiger partial charge in [0.2, 0.25) is 6.79 Å². The third-order valence-corrected chi connectivity index (χ3v) is 5.56. The number of nitrogens with zero attached hydrogens (tertiary/aromatic N) is 3. The average Bonchev–Trinajstić information content (AvgIpc) is 3.21. The third-order valence-electron chi connectivity index (χ3n) is 5.56. The minimum atomic E-state index is 0.328. The van der Waals surface area contributed by atoms with Gasteiger partial charge in [0.05, 0.1) is 13.2 Å². The Morgan fingerprint density at radius 1 is 1.10 bits per heavy atom. The molecule has 1 atom stereocenters. The second-order valence-corrected chi connectivity index (χ2v) is 8.05. The van der Waals surface area contributed by atoms with Gasteiger partial charge in [0, 0.05) is 51.7 Å². The number of hydrogen-bond donors (Lipinski definition) is 0. The van der Waals surface area contributed by atoms with E-state index in [1.807, 2.05) is 24.5 Å². The van der Waals surface area contributed by atoms with Crippen molar-refractivity contribution < 1.29 is 14.2 Å². The van der Waals surface area contributed by atoms with Crippen LogP contribution in [0.15, 0.2) is 42.7 Å². The molecule has 1 aromatic heterocycles. The molecule has 0 aliphatic carbocycles. The van der Waals surface area contributed by atoms with Crippen LogP contribution in [0.2, 0.25) is 0 Å². The lowest BCUT2D eigenvalue weighted by atomic mass is 10.00. The summed E-state index contributed by atoms with van der Waals surface area (Å²) in [5.41, 5.74) is 2.57. The van der Waals surface area contributed by atoms with Crippen molar-refractivity contribution in [2.75, 3.05) is 52.7 Å². The summed E-state index contributed by atoms with van der Waals surface area (Å²) >= 11 is 0. The highest BCUT2D eigenvalue weighted by Crippen LogP contribution is 2.33. The van der Waals surface area contributed by atoms with Crippen LogP contribution in [0.3, 0.4) is 0 Å². The average molecular weight is 398 g/mol. The van der Waals surface area contributed by atoms with Gasteiger partial charge in [-0.3, -0.25) is 14.8 Å². The van der Waals surface area contributed by atoms with Gasteiger partial charge >= 0.3 is 0 Å². The quantitative estimate of drug-likeness (QED) is 0.649. The molecule has 0 spiro atoms. The maximum Gasteiger partial charge on any atom is 0.231 e. The largest absolute Gasteiger partial charge is 0.454 e. The van der Waals surface area contributed by atoms with Crippen molar-refractivity contribution in [2.45, 2.75) is 19.9 Å². The van der Waals surface area contributed by atoms with Crippen molar-refractivity contribution in [1.29, 1.82) is 0 Å². The number of benzene rings is 1. The zero-order chi connectivity index (χ0) is 19.9. The Labute approximate surface area is 173 Å². The molecule has 0 saturated carbocycles. The Balaban J connectivity index is 1.35. The van der Waals surface area contributed by atoms with Crippen LogP contribution in [0.5, 0.6) is 11.5 Å². The Morgan fingerprint density at radius 3 is 2.79 bits per heavy atom. The molecule has 0 bridgehead atoms. The molecule has 1 aromatic carbocycles. The van der Waals surface area contributed by atoms with Gasteiger partial charge in [0.1, 0.15) is 0 Å². The molecule has 2 aliphatic heterocycles. The van der Waals surface area contributed by atoms with E-state index >= 15 is 0 Å². The molecule has 6 nitrogen and oxygen atoms in total. The number of hydrogen-bond acceptors (Lipinski definition) is 6. The van der Waals surface area contributed by atoms with Gasteiger partial charge in [-0.25, -0.2) is 0 Å². The molecule has 6 heteroatoms. The number of fused-ring (bicyclic) bond motifs is 1. The molecule has 2 aromatic rings. The van der Waals surface area contributed by atoms with Crippen LogP contribution in [-0.2, 0) is 17.7 Å². The fraction of sp³-hybridized carbons (Fsp3) is 0.522. The summed E-state index contributed by atoms with van der Waals surface area (Å²) in [4.78, 5) is 9.35. The second kappa shape index (κ2) is 10.1. The van der Waals surface area contributed by atoms with E-state index in [1.165, 1.54) is 11.1 Å². The van der Waals surface area contributed by atoms with Crippen LogP contribution in [-0.4, -0.2) is 67.5 Å². The Hall–Kier alpha value is -2.15. The summed E-state index contributed by atoms with van der Waals surface area (Å²) in [5.74, 6) is 2.26. The fourth-order valence-electron chi connectivity index (χ4n) is 4.07. The van der Waals surface area contributed by atoms with Gasteiger partial charge in [-0.05, 0) is 41.7 Å². The molecule has 1 fully saturated rings. The zero-order valence-corrected chi connectivity index (χ0v) is 17.3. The third kappa shape index (κ3) is 5.92. The van der Waals surface area contributed by atoms with E-state index in [2.05, 4.69) is 39.9 Å². The first-order chi connectivity index (χ1) is 14.3. The van der Waals surface area contributed by atoms with Crippen molar-refractivity contribution in [2.24, 2.45) is 5.92 Å². The molecule has 0 unspecified atom stereocenters. The van der Waals surface area contributed by atoms with Crippen molar-refractivity contribution in [3.63, 3.8) is 0 Å². The van der Waals surface area contributed by atoms with E-state index < -0.39 is 0 Å². The normalized spacial score (nSPS) is 17.6. The summed E-state index contributed by atoms with van der Waals surface area (Å²) < 4.78 is 16.4. The minimum Gasteiger partial charge on any atom is -0.454 e. The highest BCUT2D eigenvalue weighted by molar-refractivity contribution is 5.44. The van der Waals surface area contributed by atoms with Gasteiger partial charge in [-0.1, -0.05) is 19.1 Å². The van der Waals surface area contributed by atoms with Crippen LogP contribution < -0.4 is 9.47 Å². The lowest BCUT2D eigenvalue weighted by Gasteiger charge is -2.31. The predicted molar refractivity (Wildman–Crippen MR) is 112 cm³/mol. The topological polar surface area (TPSA) is 47.1 Å². The Kier molecular flexibility index (Phi) is 6.98. The number of aromatic nitrogens is 1. The summed E-state index contributed by atoms with van der Waals surface area (Å²) in [5, 5.41) is 0. The Bertz CT molecular complexity index is 765. The minimum absolute atomic E-state index is 0.328. The zero-order valence-electron chi connectivity index (χ0n) is 17.3. The van der Waals surface area contributed by atoms with E-state index in [-0.39, 0.29) is 0 Å². The predicted octanol–water partition coefficient (Wildman–Crippen LogP) is 2.82. The van der Waals surface area contributed by atoms with Crippen LogP contribution in [0.4, 0.5) is 0 Å². The molecule has 3 heterocycles. The van der Waals surface area contributed by atoms with Gasteiger partial charge in [0.25, 0.3) is 0 Å². The summed E-state index contributed by atoms with van der Waals surface area (Å²) in [6.07, 6.45) is 4.84. The van der Waals surface area contributed by atoms with Crippen LogP contribution in [0.25, 0.3) is 0 Å². The van der Waals surface area contributed by atoms with Crippen LogP contribution >= 0.6 is 0 Å². The number of rotatable bonds is 9. The summed E-state index contributed by atoms with van der Waals surface area (Å²) in [6, 6.07) is 10.5. The molecule has 1 saturated heterocycles. The van der Waals surface area contributed by atoms with Gasteiger partial charge < -0.3 is 14.2 Å². The first kappa shape index (κ1) is 20.1. The molecule has 0 N–H and O–H groups in total. The molecular weight excluding hydrogens is 366 g/mol. The number of pyridine rings is 1. The standard InChI is InChI=1S/C23H31N3O3/c1-19(13-20-4-5-22-23(14-20)29-18-28-22)16-26(17-21-3-2-6-24-15-21)8-7-25-9-11-27-12-10-25/h2-6,14-15,19H,7-13,16-18H2,1H3/t19-/m1/s1. The number of ether oxygens (including phenoxy) is 3. The van der Waals surface area contributed by atoms with Crippen molar-refractivity contribution >= 4 is 0 Å². The molecule has 0 amide bonds. The van der Waals surface area contributed by atoms with Crippen molar-refractivity contribution in [1.82, 2.24) is 14.8 Å². The molecular formula is C23H31N3O3. The summed E-state index contributed by atoms with van der Waals surface area (Å²) in [6.45, 7) is 10.6. The smallest absolute Gasteiger partial charge is 0.231 e. The van der Waals surface area contributed by atoms with Gasteiger partial charge in [-0.2, -0.15) is 0 Å². The fourth-order valence-corrected chi connectivity index (χ4v) is 4.07. The number of morpholine rings is 1. The first-order valence-electron chi connectivity index (χ1n) is 10.6. The van der Waals surface area contributed by atoms with Crippen LogP contribution in [0, 0.1) is 5.92 Å². The highest BCUT2D eigenvalue weighted by Gasteiger charge is 2.17. The van der Waals surface area contributed by atoms with Crippen LogP contribution in [0.1, 0.15) is 18.1 Å². The second-order valence-electron chi connectivity index (χ2n) is 8.05. The van der Waals surface area contributed by atoms with E-state index in [9.17, 15) is 0 Å². The van der Waals surface area contributed by atoms with E-state index in [0.29, 0.717) is 12.7 Å². The molecule has 0 radical (unpaired) electrons. The van der Waals surface area contributed by atoms with E-state index in [0.717, 1.165) is 70.4 Å². The molecule has 4 rings (SSSR count). The SMILES string of the molecule is C[C@H](Cc1ccc2c(c1)OCO2)CN(CCN1CCOCC1)Cc1cccnc1. The lowest BCUT2D eigenvalue weighted by Crippen LogP contribution is -2.42. The Morgan fingerprint density at radius 2 is 1.97 bits per heavy atom. The maximum absolute atomic E-state index is 5.53. The monoisotopic (exact) mass is 397 g/mol. The maximum atomic E-state index is 5.53. The summed E-state index contributed by atoms with van der Waals surface area (Å²) in [7, 11) is 0. The van der Waals surface area contributed by atoms with Gasteiger partial charge in [-0.15, -0.1) is 0 Å². The lowest BCUT2D eigenvalue weighted by molar-refractivity contribution is 0.0322. The highest BCUT2D eigenvalue weighted by atomic mass is 16.7. The van der Waals surface area contributed by atoms with E-state index in [4.69, 9.17) is 14.2 Å². The van der Waals surface area contributed by atoms with Gasteiger partial charge in [0.15, 0.2) is 11.5 Å². The van der Waals surface area contributed by atoms with Crippen molar-refractivity contribution in [3.8, 4) is 11.5 Å². The first-order valence-corrected chi connectivity index (χ1v) is 10.6. The molecule has 2 aliphatic rings. The van der Waals surface area contributed by atoms with Crippen molar-refractivity contribution in [3.05, 3.63) is 53.9 Å².